The van der Waals surface area contributed by atoms with Crippen molar-refractivity contribution in [1.29, 1.82) is 0 Å². The predicted molar refractivity (Wildman–Crippen MR) is 122 cm³/mol. The van der Waals surface area contributed by atoms with Crippen molar-refractivity contribution in [3.05, 3.63) is 29.3 Å². The highest BCUT2D eigenvalue weighted by Crippen LogP contribution is 2.45. The highest BCUT2D eigenvalue weighted by molar-refractivity contribution is 5.57. The molecule has 1 aliphatic carbocycles. The van der Waals surface area contributed by atoms with Gasteiger partial charge in [0, 0.05) is 38.4 Å². The fourth-order valence-electron chi connectivity index (χ4n) is 5.21. The standard InChI is InChI=1S/C25H43N3/c1-5-6-13-27-14-16-28(17-15-27)24-12-7-20(19-26)18-23(24)21-8-10-22(11-9-21)25(2,3)4/h7,12,18,21-22H,5-6,8-11,13-17,19,26H2,1-4H3. The Balaban J connectivity index is 1.71. The van der Waals surface area contributed by atoms with Crippen molar-refractivity contribution >= 4 is 5.69 Å². The van der Waals surface area contributed by atoms with Crippen LogP contribution in [0.2, 0.25) is 0 Å². The van der Waals surface area contributed by atoms with Crippen LogP contribution in [-0.2, 0) is 6.54 Å². The summed E-state index contributed by atoms with van der Waals surface area (Å²) in [5.41, 5.74) is 10.8. The van der Waals surface area contributed by atoms with Gasteiger partial charge in [-0.3, -0.25) is 4.90 Å². The van der Waals surface area contributed by atoms with Gasteiger partial charge in [-0.1, -0.05) is 46.2 Å². The molecule has 158 valence electrons. The molecule has 0 spiro atoms. The molecule has 0 aromatic heterocycles. The SMILES string of the molecule is CCCCN1CCN(c2ccc(CN)cc2C2CCC(C(C)(C)C)CC2)CC1. The molecule has 1 saturated carbocycles. The third kappa shape index (κ3) is 5.30. The Morgan fingerprint density at radius 1 is 1.00 bits per heavy atom. The molecular formula is C25H43N3. The molecule has 1 aromatic carbocycles. The number of nitrogens with two attached hydrogens (primary N) is 1. The van der Waals surface area contributed by atoms with E-state index < -0.39 is 0 Å². The third-order valence-corrected chi connectivity index (χ3v) is 7.26. The smallest absolute Gasteiger partial charge is 0.0402 e. The zero-order valence-electron chi connectivity index (χ0n) is 18.8. The van der Waals surface area contributed by atoms with Crippen LogP contribution < -0.4 is 10.6 Å². The number of unbranched alkanes of at least 4 members (excludes halogenated alkanes) is 1. The quantitative estimate of drug-likeness (QED) is 0.713. The second kappa shape index (κ2) is 9.63. The summed E-state index contributed by atoms with van der Waals surface area (Å²) in [5.74, 6) is 1.57. The number of piperazine rings is 1. The van der Waals surface area contributed by atoms with Crippen molar-refractivity contribution < 1.29 is 0 Å². The lowest BCUT2D eigenvalue weighted by molar-refractivity contribution is 0.169. The average Bonchev–Trinajstić information content (AvgIpc) is 2.71. The van der Waals surface area contributed by atoms with E-state index in [0.717, 1.165) is 19.0 Å². The Bertz CT molecular complexity index is 603. The summed E-state index contributed by atoms with van der Waals surface area (Å²) in [7, 11) is 0. The first-order chi connectivity index (χ1) is 13.4. The summed E-state index contributed by atoms with van der Waals surface area (Å²) in [6.07, 6.45) is 8.02. The Morgan fingerprint density at radius 3 is 2.25 bits per heavy atom. The fourth-order valence-corrected chi connectivity index (χ4v) is 5.21. The number of anilines is 1. The van der Waals surface area contributed by atoms with Crippen LogP contribution in [0.3, 0.4) is 0 Å². The first kappa shape index (κ1) is 21.6. The minimum atomic E-state index is 0.446. The van der Waals surface area contributed by atoms with Crippen molar-refractivity contribution in [2.24, 2.45) is 17.1 Å². The first-order valence-electron chi connectivity index (χ1n) is 11.7. The molecule has 0 unspecified atom stereocenters. The summed E-state index contributed by atoms with van der Waals surface area (Å²) in [4.78, 5) is 5.29. The lowest BCUT2D eigenvalue weighted by atomic mass is 9.68. The van der Waals surface area contributed by atoms with Gasteiger partial charge in [-0.05, 0) is 73.1 Å². The van der Waals surface area contributed by atoms with E-state index in [4.69, 9.17) is 5.73 Å². The molecule has 0 amide bonds. The molecule has 3 nitrogen and oxygen atoms in total. The maximum absolute atomic E-state index is 6.00. The zero-order chi connectivity index (χ0) is 20.1. The molecule has 1 heterocycles. The molecule has 0 atom stereocenters. The largest absolute Gasteiger partial charge is 0.369 e. The second-order valence-electron chi connectivity index (χ2n) is 10.2. The van der Waals surface area contributed by atoms with E-state index in [2.05, 4.69) is 55.7 Å². The molecule has 1 aliphatic heterocycles. The van der Waals surface area contributed by atoms with Crippen LogP contribution in [0.1, 0.15) is 83.3 Å². The number of hydrogen-bond acceptors (Lipinski definition) is 3. The van der Waals surface area contributed by atoms with Crippen LogP contribution in [0.15, 0.2) is 18.2 Å². The van der Waals surface area contributed by atoms with E-state index in [1.807, 2.05) is 0 Å². The van der Waals surface area contributed by atoms with E-state index in [1.54, 1.807) is 5.56 Å². The number of benzene rings is 1. The minimum Gasteiger partial charge on any atom is -0.369 e. The topological polar surface area (TPSA) is 32.5 Å². The van der Waals surface area contributed by atoms with Gasteiger partial charge in [-0.25, -0.2) is 0 Å². The molecule has 2 N–H and O–H groups in total. The van der Waals surface area contributed by atoms with Gasteiger partial charge in [0.1, 0.15) is 0 Å². The van der Waals surface area contributed by atoms with Crippen LogP contribution in [0.4, 0.5) is 5.69 Å². The Morgan fingerprint density at radius 2 is 1.68 bits per heavy atom. The molecule has 3 heteroatoms. The first-order valence-corrected chi connectivity index (χ1v) is 11.7. The van der Waals surface area contributed by atoms with Crippen molar-refractivity contribution in [1.82, 2.24) is 4.90 Å². The minimum absolute atomic E-state index is 0.446. The van der Waals surface area contributed by atoms with Gasteiger partial charge >= 0.3 is 0 Å². The summed E-state index contributed by atoms with van der Waals surface area (Å²) >= 11 is 0. The molecule has 2 aliphatic rings. The van der Waals surface area contributed by atoms with Gasteiger partial charge in [0.05, 0.1) is 0 Å². The molecule has 2 fully saturated rings. The molecular weight excluding hydrogens is 342 g/mol. The summed E-state index contributed by atoms with van der Waals surface area (Å²) in [5, 5.41) is 0. The molecule has 0 radical (unpaired) electrons. The molecule has 1 aromatic rings. The highest BCUT2D eigenvalue weighted by atomic mass is 15.3. The molecule has 3 rings (SSSR count). The monoisotopic (exact) mass is 385 g/mol. The average molecular weight is 386 g/mol. The van der Waals surface area contributed by atoms with Crippen LogP contribution >= 0.6 is 0 Å². The van der Waals surface area contributed by atoms with Crippen molar-refractivity contribution in [3.63, 3.8) is 0 Å². The van der Waals surface area contributed by atoms with Crippen LogP contribution in [-0.4, -0.2) is 37.6 Å². The molecule has 28 heavy (non-hydrogen) atoms. The normalized spacial score (nSPS) is 24.5. The van der Waals surface area contributed by atoms with E-state index in [-0.39, 0.29) is 0 Å². The van der Waals surface area contributed by atoms with Gasteiger partial charge in [-0.15, -0.1) is 0 Å². The lowest BCUT2D eigenvalue weighted by Crippen LogP contribution is -2.47. The summed E-state index contributed by atoms with van der Waals surface area (Å²) in [6.45, 7) is 16.2. The van der Waals surface area contributed by atoms with Gasteiger partial charge in [0.2, 0.25) is 0 Å². The zero-order valence-corrected chi connectivity index (χ0v) is 18.8. The van der Waals surface area contributed by atoms with Crippen LogP contribution in [0, 0.1) is 11.3 Å². The van der Waals surface area contributed by atoms with E-state index in [1.165, 1.54) is 69.4 Å². The molecule has 0 bridgehead atoms. The summed E-state index contributed by atoms with van der Waals surface area (Å²) < 4.78 is 0. The number of nitrogens with zero attached hydrogens (tertiary/aromatic N) is 2. The van der Waals surface area contributed by atoms with E-state index in [0.29, 0.717) is 17.9 Å². The number of rotatable bonds is 6. The third-order valence-electron chi connectivity index (χ3n) is 7.26. The Labute approximate surface area is 173 Å². The highest BCUT2D eigenvalue weighted by Gasteiger charge is 2.32. The van der Waals surface area contributed by atoms with Gasteiger partial charge in [0.15, 0.2) is 0 Å². The predicted octanol–water partition coefficient (Wildman–Crippen LogP) is 5.39. The maximum atomic E-state index is 6.00. The van der Waals surface area contributed by atoms with E-state index in [9.17, 15) is 0 Å². The summed E-state index contributed by atoms with van der Waals surface area (Å²) in [6, 6.07) is 7.05. The second-order valence-corrected chi connectivity index (χ2v) is 10.2. The lowest BCUT2D eigenvalue weighted by Gasteiger charge is -2.40. The molecule has 1 saturated heterocycles. The van der Waals surface area contributed by atoms with Crippen molar-refractivity contribution in [3.8, 4) is 0 Å². The fraction of sp³-hybridized carbons (Fsp3) is 0.760. The van der Waals surface area contributed by atoms with E-state index >= 15 is 0 Å². The number of hydrogen-bond donors (Lipinski definition) is 1. The maximum Gasteiger partial charge on any atom is 0.0402 e. The van der Waals surface area contributed by atoms with Crippen LogP contribution in [0.5, 0.6) is 0 Å². The van der Waals surface area contributed by atoms with Crippen molar-refractivity contribution in [2.75, 3.05) is 37.6 Å². The van der Waals surface area contributed by atoms with Crippen LogP contribution in [0.25, 0.3) is 0 Å². The Kier molecular flexibility index (Phi) is 7.44. The van der Waals surface area contributed by atoms with Gasteiger partial charge in [0.25, 0.3) is 0 Å². The van der Waals surface area contributed by atoms with Gasteiger partial charge < -0.3 is 10.6 Å². The Hall–Kier alpha value is -1.06. The van der Waals surface area contributed by atoms with Crippen molar-refractivity contribution in [2.45, 2.75) is 78.7 Å². The van der Waals surface area contributed by atoms with Gasteiger partial charge in [-0.2, -0.15) is 0 Å².